The van der Waals surface area contributed by atoms with E-state index in [0.717, 1.165) is 27.5 Å². The second-order valence-corrected chi connectivity index (χ2v) is 9.95. The van der Waals surface area contributed by atoms with Crippen molar-refractivity contribution < 1.29 is 18.8 Å². The molecule has 0 spiro atoms. The first-order valence-electron chi connectivity index (χ1n) is 10.6. The minimum atomic E-state index is -0.601. The Morgan fingerprint density at radius 3 is 2.23 bits per heavy atom. The van der Waals surface area contributed by atoms with Crippen molar-refractivity contribution in [2.45, 2.75) is 65.3 Å². The molecule has 0 radical (unpaired) electrons. The first kappa shape index (κ1) is 23.2. The molecule has 1 saturated heterocycles. The first-order chi connectivity index (χ1) is 14.3. The number of anilines is 1. The molecule has 1 amide bonds. The smallest absolute Gasteiger partial charge is 0.444 e. The van der Waals surface area contributed by atoms with Crippen LogP contribution in [0.25, 0.3) is 16.8 Å². The Balaban J connectivity index is 1.97. The fraction of sp³-hybridized carbons (Fsp3) is 0.458. The molecule has 0 unspecified atom stereocenters. The van der Waals surface area contributed by atoms with Crippen LogP contribution in [0.2, 0.25) is 0 Å². The molecule has 0 aromatic heterocycles. The average molecular weight is 424 g/mol. The number of hydrogen-bond donors (Lipinski definition) is 2. The Bertz CT molecular complexity index is 992. The van der Waals surface area contributed by atoms with Gasteiger partial charge in [0.2, 0.25) is 0 Å². The minimum Gasteiger partial charge on any atom is -0.444 e. The zero-order chi connectivity index (χ0) is 23.0. The molecule has 31 heavy (non-hydrogen) atoms. The molecule has 7 heteroatoms. The van der Waals surface area contributed by atoms with Gasteiger partial charge in [0.05, 0.1) is 11.2 Å². The van der Waals surface area contributed by atoms with Gasteiger partial charge >= 0.3 is 13.2 Å². The monoisotopic (exact) mass is 424 g/mol. The summed E-state index contributed by atoms with van der Waals surface area (Å²) in [7, 11) is -0.601. The topological polar surface area (TPSA) is 82.8 Å². The summed E-state index contributed by atoms with van der Waals surface area (Å²) in [6, 6.07) is 11.8. The molecule has 0 saturated carbocycles. The maximum Gasteiger partial charge on any atom is 0.492 e. The summed E-state index contributed by atoms with van der Waals surface area (Å²) >= 11 is 0. The van der Waals surface area contributed by atoms with Gasteiger partial charge in [-0.3, -0.25) is 0 Å². The molecule has 2 aromatic carbocycles. The summed E-state index contributed by atoms with van der Waals surface area (Å²) in [5, 5.41) is 4.83. The second-order valence-electron chi connectivity index (χ2n) is 9.95. The number of hydrogen-bond acceptors (Lipinski definition) is 5. The van der Waals surface area contributed by atoms with Gasteiger partial charge in [-0.1, -0.05) is 36.4 Å². The number of ether oxygens (including phenoxy) is 1. The van der Waals surface area contributed by atoms with E-state index < -0.39 is 30.0 Å². The Hall–Kier alpha value is -2.51. The summed E-state index contributed by atoms with van der Waals surface area (Å²) in [6.45, 7) is 13.7. The highest BCUT2D eigenvalue weighted by molar-refractivity contribution is 6.56. The first-order valence-corrected chi connectivity index (χ1v) is 10.6. The highest BCUT2D eigenvalue weighted by atomic mass is 16.7. The second kappa shape index (κ2) is 8.21. The lowest BCUT2D eigenvalue weighted by Crippen LogP contribution is -2.41. The number of nitrogen functional groups attached to an aromatic ring is 1. The van der Waals surface area contributed by atoms with Crippen molar-refractivity contribution in [1.82, 2.24) is 5.32 Å². The number of carbonyl (C=O) groups is 1. The zero-order valence-electron chi connectivity index (χ0n) is 19.5. The van der Waals surface area contributed by atoms with Gasteiger partial charge < -0.3 is 25.1 Å². The molecule has 3 N–H and O–H groups in total. The van der Waals surface area contributed by atoms with E-state index in [0.29, 0.717) is 0 Å². The Morgan fingerprint density at radius 1 is 1.06 bits per heavy atom. The highest BCUT2D eigenvalue weighted by Crippen LogP contribution is 2.39. The third-order valence-corrected chi connectivity index (χ3v) is 5.72. The highest BCUT2D eigenvalue weighted by Gasteiger charge is 2.52. The van der Waals surface area contributed by atoms with E-state index in [1.807, 2.05) is 90.9 Å². The molecule has 166 valence electrons. The van der Waals surface area contributed by atoms with E-state index in [4.69, 9.17) is 19.8 Å². The summed E-state index contributed by atoms with van der Waals surface area (Å²) in [5.74, 6) is 0. The number of fused-ring (bicyclic) bond motifs is 1. The maximum atomic E-state index is 12.3. The maximum absolute atomic E-state index is 12.3. The van der Waals surface area contributed by atoms with E-state index in [1.165, 1.54) is 0 Å². The van der Waals surface area contributed by atoms with Crippen molar-refractivity contribution in [3.8, 4) is 0 Å². The number of benzene rings is 2. The molecule has 3 rings (SSSR count). The third-order valence-electron chi connectivity index (χ3n) is 5.72. The summed E-state index contributed by atoms with van der Waals surface area (Å²) in [4.78, 5) is 12.3. The van der Waals surface area contributed by atoms with E-state index >= 15 is 0 Å². The van der Waals surface area contributed by atoms with Crippen molar-refractivity contribution in [3.05, 3.63) is 47.4 Å². The third kappa shape index (κ3) is 5.22. The Kier molecular flexibility index (Phi) is 6.13. The fourth-order valence-electron chi connectivity index (χ4n) is 3.36. The summed E-state index contributed by atoms with van der Waals surface area (Å²) < 4.78 is 17.9. The van der Waals surface area contributed by atoms with Crippen LogP contribution in [-0.4, -0.2) is 36.6 Å². The number of nitrogens with two attached hydrogens (primary N) is 1. The van der Waals surface area contributed by atoms with Crippen LogP contribution in [0, 0.1) is 0 Å². The lowest BCUT2D eigenvalue weighted by molar-refractivity contribution is 0.00578. The number of rotatable bonds is 4. The number of nitrogens with one attached hydrogen (secondary N) is 1. The predicted octanol–water partition coefficient (Wildman–Crippen LogP) is 4.96. The predicted molar refractivity (Wildman–Crippen MR) is 127 cm³/mol. The zero-order valence-corrected chi connectivity index (χ0v) is 19.5. The van der Waals surface area contributed by atoms with Crippen LogP contribution in [-0.2, 0) is 14.0 Å². The van der Waals surface area contributed by atoms with Gasteiger partial charge in [-0.15, -0.1) is 0 Å². The molecular formula is C24H33BN2O4. The molecule has 0 bridgehead atoms. The molecule has 1 heterocycles. The van der Waals surface area contributed by atoms with Gasteiger partial charge in [-0.25, -0.2) is 4.79 Å². The summed E-state index contributed by atoms with van der Waals surface area (Å²) in [6.07, 6.45) is 1.51. The van der Waals surface area contributed by atoms with Crippen molar-refractivity contribution in [2.75, 3.05) is 12.3 Å². The lowest BCUT2D eigenvalue weighted by Gasteiger charge is -2.32. The fourth-order valence-corrected chi connectivity index (χ4v) is 3.36. The normalized spacial score (nSPS) is 18.3. The van der Waals surface area contributed by atoms with Gasteiger partial charge in [-0.2, -0.15) is 0 Å². The van der Waals surface area contributed by atoms with Crippen LogP contribution < -0.4 is 11.1 Å². The van der Waals surface area contributed by atoms with Crippen molar-refractivity contribution in [2.24, 2.45) is 0 Å². The van der Waals surface area contributed by atoms with Crippen molar-refractivity contribution in [3.63, 3.8) is 0 Å². The molecule has 1 aliphatic heterocycles. The van der Waals surface area contributed by atoms with Gasteiger partial charge in [0.1, 0.15) is 5.60 Å². The van der Waals surface area contributed by atoms with Gasteiger partial charge in [0, 0.05) is 17.6 Å². The lowest BCUT2D eigenvalue weighted by atomic mass is 9.76. The molecule has 0 aliphatic carbocycles. The molecule has 1 aliphatic rings. The quantitative estimate of drug-likeness (QED) is 0.536. The van der Waals surface area contributed by atoms with Crippen LogP contribution in [0.5, 0.6) is 0 Å². The van der Waals surface area contributed by atoms with Crippen LogP contribution in [0.3, 0.4) is 0 Å². The molecular weight excluding hydrogens is 391 g/mol. The van der Waals surface area contributed by atoms with E-state index in [2.05, 4.69) is 5.32 Å². The van der Waals surface area contributed by atoms with Crippen molar-refractivity contribution in [1.29, 1.82) is 0 Å². The van der Waals surface area contributed by atoms with Gasteiger partial charge in [0.25, 0.3) is 0 Å². The number of carbonyl (C=O) groups excluding carboxylic acids is 1. The van der Waals surface area contributed by atoms with Crippen LogP contribution in [0.15, 0.2) is 41.9 Å². The Morgan fingerprint density at radius 2 is 1.65 bits per heavy atom. The van der Waals surface area contributed by atoms with Crippen LogP contribution in [0.4, 0.5) is 10.5 Å². The van der Waals surface area contributed by atoms with Crippen LogP contribution >= 0.6 is 0 Å². The van der Waals surface area contributed by atoms with Gasteiger partial charge in [-0.05, 0) is 71.0 Å². The summed E-state index contributed by atoms with van der Waals surface area (Å²) in [5.41, 5.74) is 7.08. The van der Waals surface area contributed by atoms with Crippen LogP contribution in [0.1, 0.15) is 54.0 Å². The molecule has 6 nitrogen and oxygen atoms in total. The Labute approximate surface area is 185 Å². The SMILES string of the molecule is CC(C)(C)OC(=O)NCC(=Cc1ccc(N)c2ccccc12)B1OC(C)(C)C(C)(C)O1. The molecule has 1 fully saturated rings. The number of amides is 1. The molecule has 0 atom stereocenters. The van der Waals surface area contributed by atoms with E-state index in [1.54, 1.807) is 0 Å². The van der Waals surface area contributed by atoms with E-state index in [9.17, 15) is 4.79 Å². The largest absolute Gasteiger partial charge is 0.492 e. The number of alkyl carbamates (subject to hydrolysis) is 1. The van der Waals surface area contributed by atoms with Crippen molar-refractivity contribution >= 4 is 35.7 Å². The van der Waals surface area contributed by atoms with E-state index in [-0.39, 0.29) is 6.54 Å². The minimum absolute atomic E-state index is 0.227. The molecule has 2 aromatic rings. The standard InChI is InChI=1S/C24H33BN2O4/c1-22(2,3)29-21(28)27-15-17(25-30-23(4,5)24(6,7)31-25)14-16-12-13-20(26)19-11-9-8-10-18(16)19/h8-14H,15,26H2,1-7H3,(H,27,28). The van der Waals surface area contributed by atoms with Gasteiger partial charge in [0.15, 0.2) is 0 Å². The average Bonchev–Trinajstić information content (AvgIpc) is 2.86.